The van der Waals surface area contributed by atoms with Gasteiger partial charge in [-0.3, -0.25) is 19.6 Å². The van der Waals surface area contributed by atoms with Crippen LogP contribution in [0.1, 0.15) is 23.0 Å². The Morgan fingerprint density at radius 2 is 2.00 bits per heavy atom. The molecule has 2 aromatic carbocycles. The van der Waals surface area contributed by atoms with Gasteiger partial charge in [0.25, 0.3) is 11.6 Å². The van der Waals surface area contributed by atoms with Crippen LogP contribution in [0, 0.1) is 10.1 Å². The Morgan fingerprint density at radius 1 is 1.26 bits per heavy atom. The third-order valence-corrected chi connectivity index (χ3v) is 4.59. The van der Waals surface area contributed by atoms with E-state index in [1.165, 1.54) is 16.8 Å². The van der Waals surface area contributed by atoms with Crippen molar-refractivity contribution in [3.8, 4) is 11.5 Å². The summed E-state index contributed by atoms with van der Waals surface area (Å²) < 4.78 is 46.0. The minimum Gasteiger partial charge on any atom is -0.457 e. The molecule has 31 heavy (non-hydrogen) atoms. The van der Waals surface area contributed by atoms with E-state index in [0.717, 1.165) is 30.3 Å². The fourth-order valence-electron chi connectivity index (χ4n) is 2.60. The largest absolute Gasteiger partial charge is 0.457 e. The molecule has 0 aliphatic heterocycles. The van der Waals surface area contributed by atoms with Crippen LogP contribution in [0.5, 0.6) is 11.5 Å². The van der Waals surface area contributed by atoms with Crippen molar-refractivity contribution in [1.82, 2.24) is 9.78 Å². The molecule has 1 N–H and O–H groups in total. The van der Waals surface area contributed by atoms with Crippen LogP contribution >= 0.6 is 15.9 Å². The Labute approximate surface area is 181 Å². The maximum absolute atomic E-state index is 12.9. The van der Waals surface area contributed by atoms with Crippen LogP contribution in [0.25, 0.3) is 0 Å². The lowest BCUT2D eigenvalue weighted by molar-refractivity contribution is -0.384. The number of nitrogens with zero attached hydrogens (tertiary/aromatic N) is 3. The number of ether oxygens (including phenoxy) is 1. The van der Waals surface area contributed by atoms with Gasteiger partial charge in [0.1, 0.15) is 11.5 Å². The molecular formula is C19H14BrF3N4O4. The lowest BCUT2D eigenvalue weighted by Gasteiger charge is -2.11. The number of amides is 1. The third kappa shape index (κ3) is 5.40. The number of hydrogen-bond donors (Lipinski definition) is 1. The molecule has 162 valence electrons. The van der Waals surface area contributed by atoms with Gasteiger partial charge in [-0.1, -0.05) is 6.07 Å². The van der Waals surface area contributed by atoms with Crippen LogP contribution in [0.4, 0.5) is 24.5 Å². The molecule has 0 aliphatic rings. The summed E-state index contributed by atoms with van der Waals surface area (Å²) >= 11 is 3.22. The normalized spacial score (nSPS) is 11.3. The molecular weight excluding hydrogens is 485 g/mol. The SMILES string of the molecule is CCn1cc(Br)c(C(=O)Nc2cc(Oc3cccc(C(F)(F)F)c3)cc([N+](=O)[O-])c2)n1. The highest BCUT2D eigenvalue weighted by Crippen LogP contribution is 2.34. The van der Waals surface area contributed by atoms with Gasteiger partial charge >= 0.3 is 6.18 Å². The van der Waals surface area contributed by atoms with Gasteiger partial charge in [-0.25, -0.2) is 0 Å². The maximum atomic E-state index is 12.9. The second-order valence-corrected chi connectivity index (χ2v) is 7.09. The van der Waals surface area contributed by atoms with Gasteiger partial charge in [0.05, 0.1) is 26.7 Å². The highest BCUT2D eigenvalue weighted by Gasteiger charge is 2.30. The zero-order valence-corrected chi connectivity index (χ0v) is 17.4. The number of anilines is 1. The fourth-order valence-corrected chi connectivity index (χ4v) is 3.09. The van der Waals surface area contributed by atoms with Crippen LogP contribution in [0.3, 0.4) is 0 Å². The molecule has 3 rings (SSSR count). The Hall–Kier alpha value is -3.41. The van der Waals surface area contributed by atoms with Crippen molar-refractivity contribution >= 4 is 33.2 Å². The number of alkyl halides is 3. The van der Waals surface area contributed by atoms with Gasteiger partial charge in [-0.2, -0.15) is 18.3 Å². The molecule has 0 saturated carbocycles. The van der Waals surface area contributed by atoms with Gasteiger partial charge in [0, 0.05) is 24.9 Å². The first kappa shape index (κ1) is 22.3. The number of nitro groups is 1. The summed E-state index contributed by atoms with van der Waals surface area (Å²) in [6, 6.07) is 7.47. The molecule has 0 bridgehead atoms. The van der Waals surface area contributed by atoms with E-state index in [0.29, 0.717) is 11.0 Å². The van der Waals surface area contributed by atoms with E-state index in [1.807, 2.05) is 6.92 Å². The van der Waals surface area contributed by atoms with E-state index in [1.54, 1.807) is 6.20 Å². The summed E-state index contributed by atoms with van der Waals surface area (Å²) in [5.74, 6) is -0.927. The van der Waals surface area contributed by atoms with E-state index >= 15 is 0 Å². The molecule has 12 heteroatoms. The Kier molecular flexibility index (Phi) is 6.29. The molecule has 3 aromatic rings. The number of non-ortho nitro benzene ring substituents is 1. The van der Waals surface area contributed by atoms with Crippen LogP contribution in [0.2, 0.25) is 0 Å². The number of nitro benzene ring substituents is 1. The van der Waals surface area contributed by atoms with E-state index in [-0.39, 0.29) is 22.9 Å². The molecule has 1 heterocycles. The van der Waals surface area contributed by atoms with Crippen molar-refractivity contribution < 1.29 is 27.6 Å². The van der Waals surface area contributed by atoms with Gasteiger partial charge in [-0.15, -0.1) is 0 Å². The third-order valence-electron chi connectivity index (χ3n) is 4.01. The van der Waals surface area contributed by atoms with Crippen LogP contribution in [-0.4, -0.2) is 20.6 Å². The average molecular weight is 499 g/mol. The summed E-state index contributed by atoms with van der Waals surface area (Å²) in [6.45, 7) is 2.36. The molecule has 0 atom stereocenters. The predicted octanol–water partition coefficient (Wildman–Crippen LogP) is 5.64. The number of carbonyl (C=O) groups is 1. The van der Waals surface area contributed by atoms with Gasteiger partial charge in [-0.05, 0) is 41.1 Å². The zero-order valence-electron chi connectivity index (χ0n) is 15.8. The summed E-state index contributed by atoms with van der Waals surface area (Å²) in [5.41, 5.74) is -1.27. The zero-order chi connectivity index (χ0) is 22.8. The molecule has 0 radical (unpaired) electrons. The van der Waals surface area contributed by atoms with Crippen molar-refractivity contribution in [3.63, 3.8) is 0 Å². The van der Waals surface area contributed by atoms with E-state index < -0.39 is 28.3 Å². The smallest absolute Gasteiger partial charge is 0.416 e. The molecule has 0 aliphatic carbocycles. The maximum Gasteiger partial charge on any atom is 0.416 e. The lowest BCUT2D eigenvalue weighted by atomic mass is 10.2. The molecule has 0 fully saturated rings. The average Bonchev–Trinajstić information content (AvgIpc) is 3.08. The standard InChI is InChI=1S/C19H14BrF3N4O4/c1-2-26-10-16(20)17(25-26)18(28)24-12-7-13(27(29)30)9-15(8-12)31-14-5-3-4-11(6-14)19(21,22)23/h3-10H,2H2,1H3,(H,24,28). The summed E-state index contributed by atoms with van der Waals surface area (Å²) in [7, 11) is 0. The van der Waals surface area contributed by atoms with Crippen molar-refractivity contribution in [2.75, 3.05) is 5.32 Å². The van der Waals surface area contributed by atoms with E-state index in [4.69, 9.17) is 4.74 Å². The highest BCUT2D eigenvalue weighted by atomic mass is 79.9. The number of rotatable bonds is 6. The second-order valence-electron chi connectivity index (χ2n) is 6.24. The van der Waals surface area contributed by atoms with Gasteiger partial charge in [0.15, 0.2) is 5.69 Å². The van der Waals surface area contributed by atoms with E-state index in [2.05, 4.69) is 26.3 Å². The first-order chi connectivity index (χ1) is 14.6. The number of nitrogens with one attached hydrogen (secondary N) is 1. The Balaban J connectivity index is 1.90. The minimum atomic E-state index is -4.57. The van der Waals surface area contributed by atoms with Crippen LogP contribution in [0.15, 0.2) is 53.1 Å². The van der Waals surface area contributed by atoms with Gasteiger partial charge < -0.3 is 10.1 Å². The first-order valence-electron chi connectivity index (χ1n) is 8.75. The predicted molar refractivity (Wildman–Crippen MR) is 108 cm³/mol. The number of halogens is 4. The molecule has 0 unspecified atom stereocenters. The summed E-state index contributed by atoms with van der Waals surface area (Å²) in [4.78, 5) is 23.1. The number of aromatic nitrogens is 2. The number of hydrogen-bond acceptors (Lipinski definition) is 5. The number of benzene rings is 2. The van der Waals surface area contributed by atoms with Crippen LogP contribution in [-0.2, 0) is 12.7 Å². The van der Waals surface area contributed by atoms with Crippen molar-refractivity contribution in [2.45, 2.75) is 19.6 Å². The number of carbonyl (C=O) groups excluding carboxylic acids is 1. The molecule has 0 spiro atoms. The first-order valence-corrected chi connectivity index (χ1v) is 9.55. The van der Waals surface area contributed by atoms with Crippen molar-refractivity contribution in [1.29, 1.82) is 0 Å². The van der Waals surface area contributed by atoms with Crippen molar-refractivity contribution in [3.05, 3.63) is 74.5 Å². The summed E-state index contributed by atoms with van der Waals surface area (Å²) in [5, 5.41) is 17.8. The topological polar surface area (TPSA) is 99.3 Å². The molecule has 0 saturated heterocycles. The number of aryl methyl sites for hydroxylation is 1. The lowest BCUT2D eigenvalue weighted by Crippen LogP contribution is -2.14. The quantitative estimate of drug-likeness (QED) is 0.350. The fraction of sp³-hybridized carbons (Fsp3) is 0.158. The molecule has 8 nitrogen and oxygen atoms in total. The summed E-state index contributed by atoms with van der Waals surface area (Å²) in [6.07, 6.45) is -2.97. The second kappa shape index (κ2) is 8.76. The monoisotopic (exact) mass is 498 g/mol. The molecule has 1 amide bonds. The highest BCUT2D eigenvalue weighted by molar-refractivity contribution is 9.10. The Morgan fingerprint density at radius 3 is 2.61 bits per heavy atom. The Bertz CT molecular complexity index is 1150. The van der Waals surface area contributed by atoms with Gasteiger partial charge in [0.2, 0.25) is 0 Å². The minimum absolute atomic E-state index is 0.0131. The molecule has 1 aromatic heterocycles. The van der Waals surface area contributed by atoms with E-state index in [9.17, 15) is 28.1 Å². The van der Waals surface area contributed by atoms with Crippen LogP contribution < -0.4 is 10.1 Å². The van der Waals surface area contributed by atoms with Crippen molar-refractivity contribution in [2.24, 2.45) is 0 Å².